The van der Waals surface area contributed by atoms with Crippen molar-refractivity contribution in [2.45, 2.75) is 45.1 Å². The molecule has 3 rings (SSSR count). The van der Waals surface area contributed by atoms with Gasteiger partial charge in [-0.3, -0.25) is 0 Å². The fraction of sp³-hybridized carbons (Fsp3) is 0.667. The molecule has 20 heavy (non-hydrogen) atoms. The Labute approximate surface area is 123 Å². The fourth-order valence-electron chi connectivity index (χ4n) is 3.70. The summed E-state index contributed by atoms with van der Waals surface area (Å²) in [5.41, 5.74) is 3.17. The van der Waals surface area contributed by atoms with Gasteiger partial charge in [0.1, 0.15) is 0 Å². The molecule has 0 aromatic heterocycles. The van der Waals surface area contributed by atoms with Crippen molar-refractivity contribution in [1.82, 2.24) is 10.2 Å². The van der Waals surface area contributed by atoms with E-state index in [9.17, 15) is 0 Å². The molecule has 0 radical (unpaired) electrons. The van der Waals surface area contributed by atoms with E-state index in [2.05, 4.69) is 48.3 Å². The zero-order valence-electron chi connectivity index (χ0n) is 12.9. The van der Waals surface area contributed by atoms with Crippen molar-refractivity contribution in [1.29, 1.82) is 0 Å². The molecule has 1 N–H and O–H groups in total. The summed E-state index contributed by atoms with van der Waals surface area (Å²) in [6.07, 6.45) is 3.99. The number of fused-ring (bicyclic) bond motifs is 1. The Morgan fingerprint density at radius 2 is 1.90 bits per heavy atom. The number of benzene rings is 1. The van der Waals surface area contributed by atoms with Crippen LogP contribution in [0.2, 0.25) is 0 Å². The van der Waals surface area contributed by atoms with Gasteiger partial charge in [-0.05, 0) is 63.2 Å². The lowest BCUT2D eigenvalue weighted by molar-refractivity contribution is 0.155. The summed E-state index contributed by atoms with van der Waals surface area (Å²) in [5, 5.41) is 3.47. The SMILES string of the molecule is CC(C)N(CC1CCNCC1)CC1Cc2ccccc21. The monoisotopic (exact) mass is 272 g/mol. The second kappa shape index (κ2) is 6.28. The second-order valence-corrected chi connectivity index (χ2v) is 6.84. The first kappa shape index (κ1) is 14.1. The quantitative estimate of drug-likeness (QED) is 0.886. The highest BCUT2D eigenvalue weighted by Gasteiger charge is 2.29. The van der Waals surface area contributed by atoms with E-state index in [1.807, 2.05) is 0 Å². The minimum absolute atomic E-state index is 0.664. The first-order valence-electron chi connectivity index (χ1n) is 8.26. The predicted octanol–water partition coefficient (Wildman–Crippen LogP) is 3.04. The van der Waals surface area contributed by atoms with Gasteiger partial charge < -0.3 is 10.2 Å². The van der Waals surface area contributed by atoms with E-state index in [1.54, 1.807) is 11.1 Å². The molecule has 2 nitrogen and oxygen atoms in total. The van der Waals surface area contributed by atoms with E-state index >= 15 is 0 Å². The summed E-state index contributed by atoms with van der Waals surface area (Å²) >= 11 is 0. The Kier molecular flexibility index (Phi) is 4.42. The van der Waals surface area contributed by atoms with E-state index in [4.69, 9.17) is 0 Å². The first-order chi connectivity index (χ1) is 9.74. The van der Waals surface area contributed by atoms with Gasteiger partial charge in [0, 0.05) is 25.0 Å². The van der Waals surface area contributed by atoms with Gasteiger partial charge in [-0.15, -0.1) is 0 Å². The van der Waals surface area contributed by atoms with Gasteiger partial charge in [0.2, 0.25) is 0 Å². The van der Waals surface area contributed by atoms with Crippen LogP contribution in [0.5, 0.6) is 0 Å². The van der Waals surface area contributed by atoms with Gasteiger partial charge >= 0.3 is 0 Å². The molecule has 0 bridgehead atoms. The molecule has 1 saturated heterocycles. The second-order valence-electron chi connectivity index (χ2n) is 6.84. The number of hydrogen-bond donors (Lipinski definition) is 1. The molecule has 2 aliphatic rings. The molecule has 1 aromatic carbocycles. The molecule has 1 fully saturated rings. The number of nitrogens with one attached hydrogen (secondary N) is 1. The van der Waals surface area contributed by atoms with Gasteiger partial charge in [-0.1, -0.05) is 24.3 Å². The molecule has 110 valence electrons. The van der Waals surface area contributed by atoms with Crippen LogP contribution in [0.1, 0.15) is 43.7 Å². The Balaban J connectivity index is 1.58. The third-order valence-electron chi connectivity index (χ3n) is 5.10. The van der Waals surface area contributed by atoms with E-state index in [0.717, 1.165) is 11.8 Å². The lowest BCUT2D eigenvalue weighted by atomic mass is 9.77. The molecular formula is C18H28N2. The topological polar surface area (TPSA) is 15.3 Å². The van der Waals surface area contributed by atoms with E-state index in [0.29, 0.717) is 6.04 Å². The Bertz CT molecular complexity index is 435. The number of hydrogen-bond acceptors (Lipinski definition) is 2. The van der Waals surface area contributed by atoms with Crippen LogP contribution in [-0.2, 0) is 6.42 Å². The van der Waals surface area contributed by atoms with Crippen LogP contribution >= 0.6 is 0 Å². The summed E-state index contributed by atoms with van der Waals surface area (Å²) in [6.45, 7) is 9.67. The van der Waals surface area contributed by atoms with E-state index < -0.39 is 0 Å². The standard InChI is InChI=1S/C18H28N2/c1-14(2)20(12-15-7-9-19-10-8-15)13-17-11-16-5-3-4-6-18(16)17/h3-6,14-15,17,19H,7-13H2,1-2H3. The Morgan fingerprint density at radius 1 is 1.15 bits per heavy atom. The molecular weight excluding hydrogens is 244 g/mol. The number of piperidine rings is 1. The van der Waals surface area contributed by atoms with Crippen LogP contribution in [0.25, 0.3) is 0 Å². The molecule has 1 aromatic rings. The van der Waals surface area contributed by atoms with E-state index in [-0.39, 0.29) is 0 Å². The summed E-state index contributed by atoms with van der Waals surface area (Å²) in [4.78, 5) is 2.72. The average molecular weight is 272 g/mol. The van der Waals surface area contributed by atoms with Crippen molar-refractivity contribution in [2.75, 3.05) is 26.2 Å². The van der Waals surface area contributed by atoms with Gasteiger partial charge in [0.05, 0.1) is 0 Å². The minimum Gasteiger partial charge on any atom is -0.317 e. The van der Waals surface area contributed by atoms with Gasteiger partial charge in [-0.2, -0.15) is 0 Å². The third kappa shape index (κ3) is 3.07. The van der Waals surface area contributed by atoms with Crippen molar-refractivity contribution in [3.8, 4) is 0 Å². The zero-order chi connectivity index (χ0) is 13.9. The third-order valence-corrected chi connectivity index (χ3v) is 5.10. The van der Waals surface area contributed by atoms with E-state index in [1.165, 1.54) is 45.4 Å². The van der Waals surface area contributed by atoms with Crippen molar-refractivity contribution in [2.24, 2.45) is 5.92 Å². The molecule has 1 aliphatic carbocycles. The summed E-state index contributed by atoms with van der Waals surface area (Å²) < 4.78 is 0. The summed E-state index contributed by atoms with van der Waals surface area (Å²) in [6, 6.07) is 9.64. The molecule has 1 aliphatic heterocycles. The smallest absolute Gasteiger partial charge is 0.00564 e. The van der Waals surface area contributed by atoms with Crippen LogP contribution in [0.15, 0.2) is 24.3 Å². The molecule has 0 saturated carbocycles. The van der Waals surface area contributed by atoms with Crippen LogP contribution < -0.4 is 5.32 Å². The molecule has 0 spiro atoms. The normalized spacial score (nSPS) is 22.9. The molecule has 2 heteroatoms. The van der Waals surface area contributed by atoms with Crippen LogP contribution in [0.4, 0.5) is 0 Å². The number of rotatable bonds is 5. The van der Waals surface area contributed by atoms with Gasteiger partial charge in [0.15, 0.2) is 0 Å². The van der Waals surface area contributed by atoms with Crippen LogP contribution in [0, 0.1) is 5.92 Å². The van der Waals surface area contributed by atoms with Crippen molar-refractivity contribution in [3.05, 3.63) is 35.4 Å². The summed E-state index contributed by atoms with van der Waals surface area (Å²) in [7, 11) is 0. The van der Waals surface area contributed by atoms with Crippen molar-refractivity contribution in [3.63, 3.8) is 0 Å². The maximum Gasteiger partial charge on any atom is 0.00564 e. The highest BCUT2D eigenvalue weighted by atomic mass is 15.2. The van der Waals surface area contributed by atoms with Crippen molar-refractivity contribution < 1.29 is 0 Å². The predicted molar refractivity (Wildman–Crippen MR) is 85.2 cm³/mol. The molecule has 1 atom stereocenters. The first-order valence-corrected chi connectivity index (χ1v) is 8.26. The Morgan fingerprint density at radius 3 is 2.60 bits per heavy atom. The largest absolute Gasteiger partial charge is 0.317 e. The number of nitrogens with zero attached hydrogens (tertiary/aromatic N) is 1. The Hall–Kier alpha value is -0.860. The molecule has 1 unspecified atom stereocenters. The average Bonchev–Trinajstić information content (AvgIpc) is 2.44. The summed E-state index contributed by atoms with van der Waals surface area (Å²) in [5.74, 6) is 1.67. The lowest BCUT2D eigenvalue weighted by Gasteiger charge is -2.39. The van der Waals surface area contributed by atoms with Gasteiger partial charge in [0.25, 0.3) is 0 Å². The van der Waals surface area contributed by atoms with Crippen LogP contribution in [-0.4, -0.2) is 37.1 Å². The van der Waals surface area contributed by atoms with Gasteiger partial charge in [-0.25, -0.2) is 0 Å². The maximum absolute atomic E-state index is 3.47. The lowest BCUT2D eigenvalue weighted by Crippen LogP contribution is -2.42. The minimum atomic E-state index is 0.664. The highest BCUT2D eigenvalue weighted by Crippen LogP contribution is 2.35. The highest BCUT2D eigenvalue weighted by molar-refractivity contribution is 5.40. The molecule has 1 heterocycles. The van der Waals surface area contributed by atoms with Crippen LogP contribution in [0.3, 0.4) is 0 Å². The van der Waals surface area contributed by atoms with Crippen molar-refractivity contribution >= 4 is 0 Å². The molecule has 0 amide bonds. The fourth-order valence-corrected chi connectivity index (χ4v) is 3.70. The zero-order valence-corrected chi connectivity index (χ0v) is 12.9. The maximum atomic E-state index is 3.47.